The molecular formula is C17H24F3IN4OS. The lowest BCUT2D eigenvalue weighted by atomic mass is 10.1. The average molecular weight is 516 g/mol. The number of aliphatic imine (C=N–C) groups is 1. The van der Waals surface area contributed by atoms with Crippen molar-refractivity contribution in [1.82, 2.24) is 4.90 Å². The van der Waals surface area contributed by atoms with Crippen molar-refractivity contribution in [3.63, 3.8) is 0 Å². The molecule has 0 amide bonds. The Bertz CT molecular complexity index is 648. The summed E-state index contributed by atoms with van der Waals surface area (Å²) in [5, 5.41) is 0. The number of hydrogen-bond acceptors (Lipinski definition) is 4. The smallest absolute Gasteiger partial charge is 0.378 e. The van der Waals surface area contributed by atoms with Crippen LogP contribution in [0.25, 0.3) is 0 Å². The van der Waals surface area contributed by atoms with Crippen LogP contribution in [0.5, 0.6) is 0 Å². The predicted octanol–water partition coefficient (Wildman–Crippen LogP) is 3.02. The van der Waals surface area contributed by atoms with E-state index in [9.17, 15) is 13.2 Å². The SMILES string of the molecule is I.NC(=NCc1ccc(N2CCOCC2)cc1C(F)(F)F)N1CCSCC1. The van der Waals surface area contributed by atoms with E-state index in [4.69, 9.17) is 10.5 Å². The Morgan fingerprint density at radius 3 is 2.44 bits per heavy atom. The molecule has 0 aliphatic carbocycles. The van der Waals surface area contributed by atoms with E-state index < -0.39 is 11.7 Å². The van der Waals surface area contributed by atoms with E-state index in [1.165, 1.54) is 12.1 Å². The normalized spacial score (nSPS) is 19.0. The van der Waals surface area contributed by atoms with Crippen LogP contribution < -0.4 is 10.6 Å². The molecule has 2 N–H and O–H groups in total. The second kappa shape index (κ2) is 10.1. The molecule has 2 heterocycles. The van der Waals surface area contributed by atoms with Crippen molar-refractivity contribution in [2.45, 2.75) is 12.7 Å². The lowest BCUT2D eigenvalue weighted by molar-refractivity contribution is -0.138. The number of morpholine rings is 1. The molecule has 2 aliphatic heterocycles. The molecule has 0 spiro atoms. The number of ether oxygens (including phenoxy) is 1. The van der Waals surface area contributed by atoms with Crippen molar-refractivity contribution in [2.24, 2.45) is 10.7 Å². The number of hydrogen-bond donors (Lipinski definition) is 1. The van der Waals surface area contributed by atoms with Gasteiger partial charge in [0.15, 0.2) is 5.96 Å². The van der Waals surface area contributed by atoms with Gasteiger partial charge in [0.2, 0.25) is 0 Å². The van der Waals surface area contributed by atoms with E-state index >= 15 is 0 Å². The number of guanidine groups is 1. The van der Waals surface area contributed by atoms with Crippen LogP contribution in [-0.2, 0) is 17.5 Å². The molecule has 5 nitrogen and oxygen atoms in total. The molecule has 0 bridgehead atoms. The summed E-state index contributed by atoms with van der Waals surface area (Å²) in [6.45, 7) is 3.72. The Balaban J connectivity index is 0.00000261. The molecule has 0 unspecified atom stereocenters. The monoisotopic (exact) mass is 516 g/mol. The summed E-state index contributed by atoms with van der Waals surface area (Å²) in [6.07, 6.45) is -4.43. The van der Waals surface area contributed by atoms with E-state index in [2.05, 4.69) is 4.99 Å². The Morgan fingerprint density at radius 1 is 1.15 bits per heavy atom. The largest absolute Gasteiger partial charge is 0.416 e. The van der Waals surface area contributed by atoms with Gasteiger partial charge < -0.3 is 20.3 Å². The zero-order chi connectivity index (χ0) is 18.6. The van der Waals surface area contributed by atoms with E-state index in [-0.39, 0.29) is 36.1 Å². The van der Waals surface area contributed by atoms with Gasteiger partial charge in [0.1, 0.15) is 0 Å². The van der Waals surface area contributed by atoms with Crippen LogP contribution in [0.4, 0.5) is 18.9 Å². The molecule has 3 rings (SSSR count). The predicted molar refractivity (Wildman–Crippen MR) is 114 cm³/mol. The molecule has 1 aromatic rings. The minimum Gasteiger partial charge on any atom is -0.378 e. The highest BCUT2D eigenvalue weighted by Gasteiger charge is 2.34. The second-order valence-electron chi connectivity index (χ2n) is 6.21. The Morgan fingerprint density at radius 2 is 1.81 bits per heavy atom. The van der Waals surface area contributed by atoms with Gasteiger partial charge in [0.05, 0.1) is 25.3 Å². The number of alkyl halides is 3. The summed E-state index contributed by atoms with van der Waals surface area (Å²) in [6, 6.07) is 4.44. The van der Waals surface area contributed by atoms with Gasteiger partial charge in [-0.2, -0.15) is 24.9 Å². The lowest BCUT2D eigenvalue weighted by Gasteiger charge is -2.30. The molecule has 1 aromatic carbocycles. The standard InChI is InChI=1S/C17H23F3N4OS.HI/c18-17(19,20)15-11-14(23-3-7-25-8-4-23)2-1-13(15)12-22-16(21)24-5-9-26-10-6-24;/h1-2,11H,3-10,12H2,(H2,21,22);1H. The molecule has 10 heteroatoms. The van der Waals surface area contributed by atoms with Crippen molar-refractivity contribution >= 4 is 47.4 Å². The maximum absolute atomic E-state index is 13.5. The Kier molecular flexibility index (Phi) is 8.35. The van der Waals surface area contributed by atoms with Crippen molar-refractivity contribution in [3.8, 4) is 0 Å². The lowest BCUT2D eigenvalue weighted by Crippen LogP contribution is -2.42. The van der Waals surface area contributed by atoms with Crippen LogP contribution >= 0.6 is 35.7 Å². The van der Waals surface area contributed by atoms with Crippen molar-refractivity contribution in [2.75, 3.05) is 55.8 Å². The summed E-state index contributed by atoms with van der Waals surface area (Å²) in [7, 11) is 0. The molecule has 152 valence electrons. The van der Waals surface area contributed by atoms with Gasteiger partial charge in [-0.25, -0.2) is 4.99 Å². The molecule has 27 heavy (non-hydrogen) atoms. The number of anilines is 1. The number of nitrogens with two attached hydrogens (primary N) is 1. The summed E-state index contributed by atoms with van der Waals surface area (Å²) in [5.74, 6) is 2.23. The molecular weight excluding hydrogens is 492 g/mol. The first-order valence-electron chi connectivity index (χ1n) is 8.60. The molecule has 0 atom stereocenters. The summed E-state index contributed by atoms with van der Waals surface area (Å²) >= 11 is 1.84. The Hall–Kier alpha value is -0.880. The van der Waals surface area contributed by atoms with Gasteiger partial charge in [-0.15, -0.1) is 24.0 Å². The fourth-order valence-electron chi connectivity index (χ4n) is 3.04. The number of halogens is 4. The maximum Gasteiger partial charge on any atom is 0.416 e. The second-order valence-corrected chi connectivity index (χ2v) is 7.44. The third-order valence-electron chi connectivity index (χ3n) is 4.52. The van der Waals surface area contributed by atoms with E-state index in [0.29, 0.717) is 38.0 Å². The van der Waals surface area contributed by atoms with Crippen LogP contribution in [0.2, 0.25) is 0 Å². The van der Waals surface area contributed by atoms with Gasteiger partial charge >= 0.3 is 6.18 Å². The zero-order valence-corrected chi connectivity index (χ0v) is 18.0. The fraction of sp³-hybridized carbons (Fsp3) is 0.588. The number of nitrogens with zero attached hydrogens (tertiary/aromatic N) is 3. The van der Waals surface area contributed by atoms with E-state index in [1.807, 2.05) is 21.6 Å². The third-order valence-corrected chi connectivity index (χ3v) is 5.46. The average Bonchev–Trinajstić information content (AvgIpc) is 2.66. The molecule has 2 aliphatic rings. The third kappa shape index (κ3) is 6.05. The van der Waals surface area contributed by atoms with Gasteiger partial charge in [-0.05, 0) is 17.7 Å². The van der Waals surface area contributed by atoms with Crippen molar-refractivity contribution in [1.29, 1.82) is 0 Å². The quantitative estimate of drug-likeness (QED) is 0.381. The minimum absolute atomic E-state index is 0. The number of thioether (sulfide) groups is 1. The van der Waals surface area contributed by atoms with E-state index in [0.717, 1.165) is 24.6 Å². The van der Waals surface area contributed by atoms with Crippen LogP contribution in [-0.4, -0.2) is 61.8 Å². The van der Waals surface area contributed by atoms with E-state index in [1.54, 1.807) is 6.07 Å². The zero-order valence-electron chi connectivity index (χ0n) is 14.9. The van der Waals surface area contributed by atoms with Gasteiger partial charge in [-0.3, -0.25) is 0 Å². The summed E-state index contributed by atoms with van der Waals surface area (Å²) in [4.78, 5) is 8.04. The van der Waals surface area contributed by atoms with Crippen molar-refractivity contribution in [3.05, 3.63) is 29.3 Å². The molecule has 0 aromatic heterocycles. The topological polar surface area (TPSA) is 54.1 Å². The van der Waals surface area contributed by atoms with Crippen LogP contribution in [0, 0.1) is 0 Å². The van der Waals surface area contributed by atoms with Crippen molar-refractivity contribution < 1.29 is 17.9 Å². The van der Waals surface area contributed by atoms with Crippen LogP contribution in [0.15, 0.2) is 23.2 Å². The molecule has 0 radical (unpaired) electrons. The summed E-state index contributed by atoms with van der Waals surface area (Å²) in [5.41, 5.74) is 6.03. The number of rotatable bonds is 3. The fourth-order valence-corrected chi connectivity index (χ4v) is 3.95. The van der Waals surface area contributed by atoms with Crippen LogP contribution in [0.1, 0.15) is 11.1 Å². The first kappa shape index (κ1) is 22.4. The van der Waals surface area contributed by atoms with Crippen LogP contribution in [0.3, 0.4) is 0 Å². The van der Waals surface area contributed by atoms with Gasteiger partial charge in [0, 0.05) is 43.4 Å². The molecule has 2 saturated heterocycles. The molecule has 2 fully saturated rings. The minimum atomic E-state index is -4.43. The number of benzene rings is 1. The highest BCUT2D eigenvalue weighted by atomic mass is 127. The Labute approximate surface area is 178 Å². The van der Waals surface area contributed by atoms with Gasteiger partial charge in [-0.1, -0.05) is 6.07 Å². The highest BCUT2D eigenvalue weighted by molar-refractivity contribution is 14.0. The highest BCUT2D eigenvalue weighted by Crippen LogP contribution is 2.35. The van der Waals surface area contributed by atoms with Gasteiger partial charge in [0.25, 0.3) is 0 Å². The summed E-state index contributed by atoms with van der Waals surface area (Å²) < 4.78 is 45.9. The first-order valence-corrected chi connectivity index (χ1v) is 9.76. The maximum atomic E-state index is 13.5. The molecule has 0 saturated carbocycles. The first-order chi connectivity index (χ1) is 12.4.